The van der Waals surface area contributed by atoms with Gasteiger partial charge in [-0.1, -0.05) is 61.9 Å². The molecule has 2 aliphatic rings. The SMILES string of the molecule is Cc1ccc2c(c1)C(C)(C)[C@]1(C=Cc3ccc4c(c3)c3ccccc3n4C)NC(=O)CCN21. The Morgan fingerprint density at radius 2 is 1.76 bits per heavy atom. The standard InChI is InChI=1S/C29H29N3O/c1-19-9-11-26-23(17-19)28(2,3)29(30-27(33)14-16-32(26)29)15-13-20-10-12-25-22(18-20)21-7-5-6-8-24(21)31(25)4/h5-13,15,17-18H,14,16H2,1-4H3,(H,30,33)/t29-/m1/s1. The van der Waals surface area contributed by atoms with Gasteiger partial charge in [-0.3, -0.25) is 4.79 Å². The minimum absolute atomic E-state index is 0.109. The molecule has 0 unspecified atom stereocenters. The molecule has 1 aromatic heterocycles. The number of fused-ring (bicyclic) bond motifs is 6. The molecule has 1 saturated heterocycles. The number of para-hydroxylation sites is 1. The first-order valence-corrected chi connectivity index (χ1v) is 11.7. The van der Waals surface area contributed by atoms with Crippen LogP contribution in [-0.4, -0.2) is 22.7 Å². The van der Waals surface area contributed by atoms with Gasteiger partial charge < -0.3 is 14.8 Å². The average Bonchev–Trinajstić information content (AvgIpc) is 3.19. The zero-order valence-corrected chi connectivity index (χ0v) is 19.6. The first-order chi connectivity index (χ1) is 15.8. The van der Waals surface area contributed by atoms with Crippen LogP contribution in [0.1, 0.15) is 37.0 Å². The van der Waals surface area contributed by atoms with Crippen LogP contribution in [0.3, 0.4) is 0 Å². The zero-order valence-electron chi connectivity index (χ0n) is 19.6. The molecular formula is C29H29N3O. The summed E-state index contributed by atoms with van der Waals surface area (Å²) >= 11 is 0. The highest BCUT2D eigenvalue weighted by molar-refractivity contribution is 6.08. The molecule has 4 heteroatoms. The summed E-state index contributed by atoms with van der Waals surface area (Å²) < 4.78 is 2.25. The summed E-state index contributed by atoms with van der Waals surface area (Å²) in [6.07, 6.45) is 4.91. The number of benzene rings is 3. The van der Waals surface area contributed by atoms with Gasteiger partial charge in [-0.25, -0.2) is 0 Å². The van der Waals surface area contributed by atoms with Crippen LogP contribution in [0.5, 0.6) is 0 Å². The Morgan fingerprint density at radius 1 is 0.970 bits per heavy atom. The number of carbonyl (C=O) groups excluding carboxylic acids is 1. The second kappa shape index (κ2) is 6.74. The van der Waals surface area contributed by atoms with Crippen LogP contribution in [0.15, 0.2) is 66.7 Å². The first-order valence-electron chi connectivity index (χ1n) is 11.7. The lowest BCUT2D eigenvalue weighted by molar-refractivity contribution is -0.124. The minimum Gasteiger partial charge on any atom is -0.344 e. The number of carbonyl (C=O) groups is 1. The summed E-state index contributed by atoms with van der Waals surface area (Å²) in [5.41, 5.74) is 6.49. The van der Waals surface area contributed by atoms with Crippen molar-refractivity contribution in [3.05, 3.63) is 83.4 Å². The van der Waals surface area contributed by atoms with Crippen molar-refractivity contribution >= 4 is 39.5 Å². The molecule has 0 aliphatic carbocycles. The van der Waals surface area contributed by atoms with Crippen molar-refractivity contribution in [1.29, 1.82) is 0 Å². The molecular weight excluding hydrogens is 406 g/mol. The molecule has 33 heavy (non-hydrogen) atoms. The predicted octanol–water partition coefficient (Wildman–Crippen LogP) is 5.67. The predicted molar refractivity (Wildman–Crippen MR) is 137 cm³/mol. The van der Waals surface area contributed by atoms with Gasteiger partial charge in [0.15, 0.2) is 0 Å². The first kappa shape index (κ1) is 20.1. The summed E-state index contributed by atoms with van der Waals surface area (Å²) in [4.78, 5) is 15.1. The normalized spacial score (nSPS) is 21.6. The van der Waals surface area contributed by atoms with E-state index < -0.39 is 5.66 Å². The van der Waals surface area contributed by atoms with Crippen molar-refractivity contribution in [3.8, 4) is 0 Å². The molecule has 0 radical (unpaired) electrons. The lowest BCUT2D eigenvalue weighted by atomic mass is 9.74. The van der Waals surface area contributed by atoms with Crippen LogP contribution in [0.2, 0.25) is 0 Å². The third-order valence-electron chi connectivity index (χ3n) is 7.84. The highest BCUT2D eigenvalue weighted by atomic mass is 16.2. The number of nitrogens with zero attached hydrogens (tertiary/aromatic N) is 2. The number of hydrogen-bond acceptors (Lipinski definition) is 2. The molecule has 0 spiro atoms. The van der Waals surface area contributed by atoms with Crippen LogP contribution in [0, 0.1) is 6.92 Å². The molecule has 6 rings (SSSR count). The van der Waals surface area contributed by atoms with E-state index in [1.807, 2.05) is 0 Å². The maximum absolute atomic E-state index is 12.7. The fraction of sp³-hybridized carbons (Fsp3) is 0.276. The Labute approximate surface area is 194 Å². The van der Waals surface area contributed by atoms with Crippen molar-refractivity contribution in [2.45, 2.75) is 38.3 Å². The van der Waals surface area contributed by atoms with Crippen molar-refractivity contribution < 1.29 is 4.79 Å². The monoisotopic (exact) mass is 435 g/mol. The van der Waals surface area contributed by atoms with E-state index in [0.717, 1.165) is 12.1 Å². The van der Waals surface area contributed by atoms with E-state index in [9.17, 15) is 4.79 Å². The Bertz CT molecular complexity index is 1480. The minimum atomic E-state index is -0.591. The van der Waals surface area contributed by atoms with Gasteiger partial charge in [0.25, 0.3) is 0 Å². The van der Waals surface area contributed by atoms with Crippen LogP contribution < -0.4 is 10.2 Å². The Balaban J connectivity index is 1.49. The summed E-state index contributed by atoms with van der Waals surface area (Å²) in [5, 5.41) is 5.90. The second-order valence-corrected chi connectivity index (χ2v) is 10.0. The van der Waals surface area contributed by atoms with E-state index in [0.29, 0.717) is 6.42 Å². The smallest absolute Gasteiger partial charge is 0.223 e. The molecule has 1 fully saturated rings. The van der Waals surface area contributed by atoms with Crippen LogP contribution >= 0.6 is 0 Å². The van der Waals surface area contributed by atoms with Crippen molar-refractivity contribution in [2.75, 3.05) is 11.4 Å². The third-order valence-corrected chi connectivity index (χ3v) is 7.84. The summed E-state index contributed by atoms with van der Waals surface area (Å²) in [7, 11) is 2.12. The van der Waals surface area contributed by atoms with E-state index in [2.05, 4.69) is 115 Å². The van der Waals surface area contributed by atoms with Gasteiger partial charge in [-0.05, 0) is 48.4 Å². The Hall–Kier alpha value is -3.53. The van der Waals surface area contributed by atoms with Gasteiger partial charge >= 0.3 is 0 Å². The molecule has 3 aromatic carbocycles. The number of anilines is 1. The van der Waals surface area contributed by atoms with E-state index in [1.54, 1.807) is 0 Å². The van der Waals surface area contributed by atoms with Crippen LogP contribution in [0.4, 0.5) is 5.69 Å². The van der Waals surface area contributed by atoms with E-state index in [1.165, 1.54) is 38.6 Å². The summed E-state index contributed by atoms with van der Waals surface area (Å²) in [6, 6.07) is 21.8. The topological polar surface area (TPSA) is 37.3 Å². The van der Waals surface area contributed by atoms with Gasteiger partial charge in [0.2, 0.25) is 5.91 Å². The Kier molecular flexibility index (Phi) is 4.10. The Morgan fingerprint density at radius 3 is 2.61 bits per heavy atom. The van der Waals surface area contributed by atoms with Gasteiger partial charge in [-0.15, -0.1) is 0 Å². The lowest BCUT2D eigenvalue weighted by Crippen LogP contribution is -2.68. The molecule has 1 amide bonds. The summed E-state index contributed by atoms with van der Waals surface area (Å²) in [6.45, 7) is 7.34. The molecule has 166 valence electrons. The highest BCUT2D eigenvalue weighted by Gasteiger charge is 2.57. The van der Waals surface area contributed by atoms with Crippen molar-refractivity contribution in [3.63, 3.8) is 0 Å². The average molecular weight is 436 g/mol. The number of hydrogen-bond donors (Lipinski definition) is 1. The van der Waals surface area contributed by atoms with E-state index >= 15 is 0 Å². The molecule has 4 aromatic rings. The maximum atomic E-state index is 12.7. The van der Waals surface area contributed by atoms with E-state index in [4.69, 9.17) is 0 Å². The van der Waals surface area contributed by atoms with Crippen LogP contribution in [-0.2, 0) is 17.3 Å². The molecule has 2 aliphatic heterocycles. The number of aryl methyl sites for hydroxylation is 2. The van der Waals surface area contributed by atoms with Gasteiger partial charge in [0, 0.05) is 52.9 Å². The van der Waals surface area contributed by atoms with Gasteiger partial charge in [0.05, 0.1) is 0 Å². The fourth-order valence-corrected chi connectivity index (χ4v) is 5.97. The number of amides is 1. The largest absolute Gasteiger partial charge is 0.344 e. The molecule has 0 saturated carbocycles. The molecule has 4 nitrogen and oxygen atoms in total. The second-order valence-electron chi connectivity index (χ2n) is 10.0. The molecule has 3 heterocycles. The third kappa shape index (κ3) is 2.67. The molecule has 1 atom stereocenters. The number of rotatable bonds is 2. The summed E-state index contributed by atoms with van der Waals surface area (Å²) in [5.74, 6) is 0.109. The lowest BCUT2D eigenvalue weighted by Gasteiger charge is -2.49. The van der Waals surface area contributed by atoms with Gasteiger partial charge in [0.1, 0.15) is 5.66 Å². The van der Waals surface area contributed by atoms with Crippen molar-refractivity contribution in [2.24, 2.45) is 7.05 Å². The highest BCUT2D eigenvalue weighted by Crippen LogP contribution is 2.52. The maximum Gasteiger partial charge on any atom is 0.223 e. The van der Waals surface area contributed by atoms with Crippen molar-refractivity contribution in [1.82, 2.24) is 9.88 Å². The number of aromatic nitrogens is 1. The molecule has 0 bridgehead atoms. The van der Waals surface area contributed by atoms with E-state index in [-0.39, 0.29) is 11.3 Å². The molecule has 1 N–H and O–H groups in total. The zero-order chi connectivity index (χ0) is 23.0. The van der Waals surface area contributed by atoms with Crippen LogP contribution in [0.25, 0.3) is 27.9 Å². The number of nitrogens with one attached hydrogen (secondary N) is 1. The quantitative estimate of drug-likeness (QED) is 0.441. The van der Waals surface area contributed by atoms with Gasteiger partial charge in [-0.2, -0.15) is 0 Å². The fourth-order valence-electron chi connectivity index (χ4n) is 5.97.